The van der Waals surface area contributed by atoms with E-state index in [-0.39, 0.29) is 41.8 Å². The van der Waals surface area contributed by atoms with Crippen LogP contribution in [0.5, 0.6) is 23.4 Å². The van der Waals surface area contributed by atoms with Gasteiger partial charge in [0.2, 0.25) is 5.88 Å². The summed E-state index contributed by atoms with van der Waals surface area (Å²) in [5, 5.41) is -0.196. The SMILES string of the molecule is COc1ccc(CN(Cc2ccc(OC)cc2)c2ncc(F)cc2[C@@H](C)N2c3nc(OC[C@@]45CCCN4C[C@H](F)C5)nc4c(F)c(Cl)nc(c34)OC[C@@H]2C)cc1. The second-order valence-corrected chi connectivity index (χ2v) is 15.2. The van der Waals surface area contributed by atoms with Gasteiger partial charge in [-0.3, -0.25) is 4.90 Å². The lowest BCUT2D eigenvalue weighted by Gasteiger charge is -2.37. The van der Waals surface area contributed by atoms with Gasteiger partial charge in [-0.05, 0) is 74.7 Å². The van der Waals surface area contributed by atoms with Crippen LogP contribution in [0, 0.1) is 11.6 Å². The van der Waals surface area contributed by atoms with Crippen LogP contribution in [0.2, 0.25) is 5.15 Å². The second-order valence-electron chi connectivity index (χ2n) is 14.8. The Morgan fingerprint density at radius 3 is 2.34 bits per heavy atom. The molecule has 0 saturated carbocycles. The van der Waals surface area contributed by atoms with Crippen molar-refractivity contribution < 1.29 is 32.1 Å². The number of alkyl halides is 1. The van der Waals surface area contributed by atoms with Gasteiger partial charge in [0, 0.05) is 31.6 Å². The van der Waals surface area contributed by atoms with Crippen LogP contribution in [0.4, 0.5) is 24.8 Å². The van der Waals surface area contributed by atoms with Crippen molar-refractivity contribution in [2.24, 2.45) is 0 Å². The van der Waals surface area contributed by atoms with E-state index < -0.39 is 40.6 Å². The van der Waals surface area contributed by atoms with Gasteiger partial charge >= 0.3 is 6.01 Å². The number of methoxy groups -OCH3 is 2. The number of hydrogen-bond acceptors (Lipinski definition) is 11. The topological polar surface area (TPSA) is 98.2 Å². The smallest absolute Gasteiger partial charge is 0.319 e. The van der Waals surface area contributed by atoms with E-state index in [4.69, 9.17) is 40.5 Å². The van der Waals surface area contributed by atoms with Crippen LogP contribution >= 0.6 is 11.6 Å². The molecule has 3 aliphatic heterocycles. The van der Waals surface area contributed by atoms with Crippen molar-refractivity contribution in [3.8, 4) is 23.4 Å². The Morgan fingerprint density at radius 1 is 1.00 bits per heavy atom. The van der Waals surface area contributed by atoms with E-state index in [2.05, 4.69) is 19.8 Å². The van der Waals surface area contributed by atoms with E-state index in [9.17, 15) is 4.39 Å². The predicted octanol–water partition coefficient (Wildman–Crippen LogP) is 7.88. The average molecular weight is 790 g/mol. The highest BCUT2D eigenvalue weighted by molar-refractivity contribution is 6.30. The maximum absolute atomic E-state index is 16.0. The Kier molecular flexibility index (Phi) is 10.4. The van der Waals surface area contributed by atoms with E-state index in [1.807, 2.05) is 67.3 Å². The predicted molar refractivity (Wildman–Crippen MR) is 207 cm³/mol. The molecule has 56 heavy (non-hydrogen) atoms. The van der Waals surface area contributed by atoms with Crippen molar-refractivity contribution in [1.29, 1.82) is 0 Å². The Morgan fingerprint density at radius 2 is 1.68 bits per heavy atom. The average Bonchev–Trinajstić information content (AvgIpc) is 3.69. The highest BCUT2D eigenvalue weighted by Gasteiger charge is 2.49. The highest BCUT2D eigenvalue weighted by Crippen LogP contribution is 2.45. The third-order valence-corrected chi connectivity index (χ3v) is 11.4. The van der Waals surface area contributed by atoms with Crippen molar-refractivity contribution >= 4 is 34.1 Å². The molecule has 2 saturated heterocycles. The summed E-state index contributed by atoms with van der Waals surface area (Å²) in [5.74, 6) is 0.963. The largest absolute Gasteiger partial charge is 0.497 e. The van der Waals surface area contributed by atoms with Gasteiger partial charge in [-0.15, -0.1) is 0 Å². The molecule has 3 aliphatic rings. The van der Waals surface area contributed by atoms with Gasteiger partial charge in [0.25, 0.3) is 0 Å². The van der Waals surface area contributed by atoms with E-state index in [0.717, 1.165) is 42.0 Å². The molecule has 3 aromatic heterocycles. The van der Waals surface area contributed by atoms with Gasteiger partial charge in [0.1, 0.15) is 59.2 Å². The molecule has 0 radical (unpaired) electrons. The minimum absolute atomic E-state index is 0.0735. The van der Waals surface area contributed by atoms with Crippen molar-refractivity contribution in [3.05, 3.63) is 94.3 Å². The fourth-order valence-corrected chi connectivity index (χ4v) is 8.58. The zero-order valence-corrected chi connectivity index (χ0v) is 32.4. The fraction of sp³-hybridized carbons (Fsp3) is 0.415. The summed E-state index contributed by atoms with van der Waals surface area (Å²) in [6.45, 7) is 6.10. The molecule has 0 aliphatic carbocycles. The number of aromatic nitrogens is 4. The van der Waals surface area contributed by atoms with Gasteiger partial charge in [0.05, 0.1) is 38.0 Å². The van der Waals surface area contributed by atoms with Gasteiger partial charge in [-0.2, -0.15) is 15.0 Å². The Labute approximate surface area is 328 Å². The molecule has 0 unspecified atom stereocenters. The standard InChI is InChI=1S/C41H43ClF3N7O4/c1-24-22-55-39-33-35(34(45)36(42)48-39)47-40(56-23-41-14-5-15-51(41)21-29(44)17-41)49-38(33)52(24)25(2)32-16-28(43)18-46-37(32)50(19-26-6-10-30(53-3)11-7-26)20-27-8-12-31(54-4)13-9-27/h6-13,16,18,24-25,29H,5,14-15,17,19-23H2,1-4H3/t24-,25+,29+,41-/m0/s1. The second kappa shape index (κ2) is 15.5. The van der Waals surface area contributed by atoms with Crippen LogP contribution in [-0.2, 0) is 13.1 Å². The molecular formula is C41H43ClF3N7O4. The first kappa shape index (κ1) is 37.8. The maximum atomic E-state index is 16.0. The number of benzene rings is 2. The zero-order valence-electron chi connectivity index (χ0n) is 31.6. The van der Waals surface area contributed by atoms with E-state index >= 15 is 8.78 Å². The molecule has 15 heteroatoms. The summed E-state index contributed by atoms with van der Waals surface area (Å²) in [6.07, 6.45) is 2.29. The van der Waals surface area contributed by atoms with Crippen molar-refractivity contribution in [1.82, 2.24) is 24.8 Å². The molecule has 294 valence electrons. The molecule has 5 aromatic rings. The molecule has 6 heterocycles. The summed E-state index contributed by atoms with van der Waals surface area (Å²) >= 11 is 6.29. The van der Waals surface area contributed by atoms with Crippen LogP contribution < -0.4 is 28.7 Å². The third-order valence-electron chi connectivity index (χ3n) is 11.2. The van der Waals surface area contributed by atoms with E-state index in [1.165, 1.54) is 12.3 Å². The van der Waals surface area contributed by atoms with Crippen LogP contribution in [0.25, 0.3) is 10.9 Å². The summed E-state index contributed by atoms with van der Waals surface area (Å²) in [4.78, 5) is 24.5. The van der Waals surface area contributed by atoms with Crippen molar-refractivity contribution in [3.63, 3.8) is 0 Å². The molecule has 0 spiro atoms. The summed E-state index contributed by atoms with van der Waals surface area (Å²) < 4.78 is 69.3. The van der Waals surface area contributed by atoms with Crippen LogP contribution in [0.3, 0.4) is 0 Å². The molecule has 0 bridgehead atoms. The molecule has 2 fully saturated rings. The van der Waals surface area contributed by atoms with Crippen LogP contribution in [0.15, 0.2) is 60.8 Å². The van der Waals surface area contributed by atoms with Gasteiger partial charge in [-0.25, -0.2) is 18.2 Å². The number of fused-ring (bicyclic) bond motifs is 1. The first-order chi connectivity index (χ1) is 27.1. The molecular weight excluding hydrogens is 747 g/mol. The zero-order chi connectivity index (χ0) is 39.1. The monoisotopic (exact) mass is 789 g/mol. The molecule has 8 rings (SSSR count). The Hall–Kier alpha value is -5.08. The van der Waals surface area contributed by atoms with E-state index in [0.29, 0.717) is 37.4 Å². The first-order valence-electron chi connectivity index (χ1n) is 18.7. The number of pyridine rings is 2. The van der Waals surface area contributed by atoms with Gasteiger partial charge in [-0.1, -0.05) is 35.9 Å². The summed E-state index contributed by atoms with van der Waals surface area (Å²) in [7, 11) is 3.24. The number of hydrogen-bond donors (Lipinski definition) is 0. The van der Waals surface area contributed by atoms with Crippen LogP contribution in [0.1, 0.15) is 55.8 Å². The van der Waals surface area contributed by atoms with Crippen molar-refractivity contribution in [2.45, 2.75) is 70.0 Å². The molecule has 0 N–H and O–H groups in total. The third kappa shape index (κ3) is 7.20. The minimum atomic E-state index is -0.955. The quantitative estimate of drug-likeness (QED) is 0.116. The summed E-state index contributed by atoms with van der Waals surface area (Å²) in [5.41, 5.74) is 1.90. The van der Waals surface area contributed by atoms with E-state index in [1.54, 1.807) is 14.2 Å². The summed E-state index contributed by atoms with van der Waals surface area (Å²) in [6, 6.07) is 15.9. The lowest BCUT2D eigenvalue weighted by Crippen LogP contribution is -2.43. The normalized spacial score (nSPS) is 21.0. The lowest BCUT2D eigenvalue weighted by atomic mass is 9.95. The number of anilines is 2. The fourth-order valence-electron chi connectivity index (χ4n) is 8.41. The van der Waals surface area contributed by atoms with Gasteiger partial charge in [0.15, 0.2) is 11.0 Å². The number of nitrogens with zero attached hydrogens (tertiary/aromatic N) is 7. The lowest BCUT2D eigenvalue weighted by molar-refractivity contribution is 0.107. The number of ether oxygens (including phenoxy) is 4. The highest BCUT2D eigenvalue weighted by atomic mass is 35.5. The Bertz CT molecular complexity index is 2170. The number of rotatable bonds is 12. The first-order valence-corrected chi connectivity index (χ1v) is 19.1. The molecule has 0 amide bonds. The van der Waals surface area contributed by atoms with Gasteiger partial charge < -0.3 is 28.7 Å². The molecule has 4 atom stereocenters. The Balaban J connectivity index is 1.22. The van der Waals surface area contributed by atoms with Crippen molar-refractivity contribution in [2.75, 3.05) is 50.3 Å². The molecule has 2 aromatic carbocycles. The minimum Gasteiger partial charge on any atom is -0.497 e. The number of halogens is 4. The maximum Gasteiger partial charge on any atom is 0.319 e. The molecule has 11 nitrogen and oxygen atoms in total. The van der Waals surface area contributed by atoms with Crippen LogP contribution in [-0.4, -0.2) is 83.1 Å².